The molecule has 2 N–H and O–H groups in total. The predicted molar refractivity (Wildman–Crippen MR) is 74.4 cm³/mol. The van der Waals surface area contributed by atoms with Crippen LogP contribution in [0.15, 0.2) is 6.33 Å². The van der Waals surface area contributed by atoms with E-state index in [0.717, 1.165) is 24.6 Å². The van der Waals surface area contributed by atoms with Gasteiger partial charge in [-0.3, -0.25) is 4.68 Å². The summed E-state index contributed by atoms with van der Waals surface area (Å²) in [6.45, 7) is 3.37. The first kappa shape index (κ1) is 14.5. The highest BCUT2D eigenvalue weighted by molar-refractivity contribution is 4.90. The first-order valence-corrected chi connectivity index (χ1v) is 7.36. The molecule has 0 amide bonds. The van der Waals surface area contributed by atoms with Crippen molar-refractivity contribution in [3.8, 4) is 0 Å². The van der Waals surface area contributed by atoms with Crippen LogP contribution in [-0.2, 0) is 18.4 Å². The first-order chi connectivity index (χ1) is 9.19. The smallest absolute Gasteiger partial charge is 0.152 e. The van der Waals surface area contributed by atoms with Gasteiger partial charge in [0.15, 0.2) is 5.82 Å². The summed E-state index contributed by atoms with van der Waals surface area (Å²) in [5, 5.41) is 4.06. The summed E-state index contributed by atoms with van der Waals surface area (Å²) in [5.74, 6) is 1.73. The molecule has 5 nitrogen and oxygen atoms in total. The maximum Gasteiger partial charge on any atom is 0.152 e. The summed E-state index contributed by atoms with van der Waals surface area (Å²) < 4.78 is 7.88. The Morgan fingerprint density at radius 3 is 2.74 bits per heavy atom. The highest BCUT2D eigenvalue weighted by Gasteiger charge is 2.35. The van der Waals surface area contributed by atoms with E-state index < -0.39 is 0 Å². The number of hydrogen-bond acceptors (Lipinski definition) is 4. The largest absolute Gasteiger partial charge is 0.366 e. The van der Waals surface area contributed by atoms with E-state index in [1.807, 2.05) is 7.05 Å². The molecule has 5 heteroatoms. The zero-order valence-corrected chi connectivity index (χ0v) is 12.1. The molecule has 1 aromatic rings. The van der Waals surface area contributed by atoms with Gasteiger partial charge in [0.1, 0.15) is 12.9 Å². The van der Waals surface area contributed by atoms with Crippen LogP contribution in [0.25, 0.3) is 0 Å². The summed E-state index contributed by atoms with van der Waals surface area (Å²) >= 11 is 0. The number of aryl methyl sites for hydroxylation is 1. The van der Waals surface area contributed by atoms with Crippen molar-refractivity contribution in [2.45, 2.75) is 57.7 Å². The predicted octanol–water partition coefficient (Wildman–Crippen LogP) is 2.02. The zero-order valence-electron chi connectivity index (χ0n) is 12.1. The number of hydrogen-bond donors (Lipinski definition) is 1. The third-order valence-electron chi connectivity index (χ3n) is 4.40. The third-order valence-corrected chi connectivity index (χ3v) is 4.40. The summed E-state index contributed by atoms with van der Waals surface area (Å²) in [6.07, 6.45) is 8.81. The van der Waals surface area contributed by atoms with Crippen LogP contribution in [0, 0.1) is 5.92 Å². The molecule has 0 spiro atoms. The second kappa shape index (κ2) is 6.48. The lowest BCUT2D eigenvalue weighted by Gasteiger charge is -2.39. The molecule has 19 heavy (non-hydrogen) atoms. The van der Waals surface area contributed by atoms with Gasteiger partial charge in [-0.1, -0.05) is 19.8 Å². The Labute approximate surface area is 115 Å². The lowest BCUT2D eigenvalue weighted by atomic mass is 9.77. The molecule has 1 heterocycles. The second-order valence-corrected chi connectivity index (χ2v) is 5.71. The standard InChI is InChI=1S/C14H26N4O/c1-3-4-12-5-7-14(10-15,8-6-12)19-9-13-16-11-17-18(13)2/h11-12H,3-10,15H2,1-2H3. The highest BCUT2D eigenvalue weighted by Crippen LogP contribution is 2.36. The van der Waals surface area contributed by atoms with Gasteiger partial charge >= 0.3 is 0 Å². The summed E-state index contributed by atoms with van der Waals surface area (Å²) in [5.41, 5.74) is 5.82. The second-order valence-electron chi connectivity index (χ2n) is 5.71. The van der Waals surface area contributed by atoms with Gasteiger partial charge in [0.25, 0.3) is 0 Å². The van der Waals surface area contributed by atoms with E-state index in [1.54, 1.807) is 11.0 Å². The van der Waals surface area contributed by atoms with Crippen LogP contribution in [0.4, 0.5) is 0 Å². The van der Waals surface area contributed by atoms with Crippen molar-refractivity contribution in [1.82, 2.24) is 14.8 Å². The molecule has 0 saturated heterocycles. The molecule has 0 unspecified atom stereocenters. The maximum atomic E-state index is 6.12. The van der Waals surface area contributed by atoms with Crippen molar-refractivity contribution in [3.05, 3.63) is 12.2 Å². The Morgan fingerprint density at radius 1 is 1.47 bits per heavy atom. The van der Waals surface area contributed by atoms with E-state index in [-0.39, 0.29) is 5.60 Å². The Balaban J connectivity index is 1.88. The van der Waals surface area contributed by atoms with E-state index in [4.69, 9.17) is 10.5 Å². The lowest BCUT2D eigenvalue weighted by Crippen LogP contribution is -2.44. The monoisotopic (exact) mass is 266 g/mol. The van der Waals surface area contributed by atoms with Crippen LogP contribution in [0.5, 0.6) is 0 Å². The van der Waals surface area contributed by atoms with E-state index >= 15 is 0 Å². The molecule has 0 aliphatic heterocycles. The van der Waals surface area contributed by atoms with Gasteiger partial charge in [-0.15, -0.1) is 0 Å². The van der Waals surface area contributed by atoms with Gasteiger partial charge in [-0.2, -0.15) is 5.10 Å². The molecule has 1 aliphatic rings. The molecular weight excluding hydrogens is 240 g/mol. The van der Waals surface area contributed by atoms with E-state index in [0.29, 0.717) is 13.2 Å². The minimum atomic E-state index is -0.143. The molecule has 1 fully saturated rings. The maximum absolute atomic E-state index is 6.12. The van der Waals surface area contributed by atoms with Crippen LogP contribution >= 0.6 is 0 Å². The summed E-state index contributed by atoms with van der Waals surface area (Å²) in [4.78, 5) is 4.20. The Hall–Kier alpha value is -0.940. The number of aromatic nitrogens is 3. The zero-order chi connectivity index (χ0) is 13.7. The number of rotatable bonds is 6. The number of nitrogens with two attached hydrogens (primary N) is 1. The molecule has 1 saturated carbocycles. The molecular formula is C14H26N4O. The molecule has 0 atom stereocenters. The van der Waals surface area contributed by atoms with Crippen LogP contribution in [0.1, 0.15) is 51.3 Å². The third kappa shape index (κ3) is 3.54. The SMILES string of the molecule is CCCC1CCC(CN)(OCc2ncnn2C)CC1. The van der Waals surface area contributed by atoms with Crippen LogP contribution in [-0.4, -0.2) is 26.9 Å². The fourth-order valence-electron chi connectivity index (χ4n) is 2.98. The van der Waals surface area contributed by atoms with Crippen molar-refractivity contribution in [2.75, 3.05) is 6.54 Å². The number of ether oxygens (including phenoxy) is 1. The van der Waals surface area contributed by atoms with Gasteiger partial charge in [0, 0.05) is 13.6 Å². The Kier molecular flexibility index (Phi) is 4.93. The molecule has 1 aromatic heterocycles. The van der Waals surface area contributed by atoms with Gasteiger partial charge in [0.2, 0.25) is 0 Å². The molecule has 2 rings (SSSR count). The molecule has 0 aromatic carbocycles. The summed E-state index contributed by atoms with van der Waals surface area (Å²) in [7, 11) is 1.89. The van der Waals surface area contributed by atoms with E-state index in [1.165, 1.54) is 25.7 Å². The van der Waals surface area contributed by atoms with Crippen LogP contribution in [0.3, 0.4) is 0 Å². The van der Waals surface area contributed by atoms with E-state index in [9.17, 15) is 0 Å². The first-order valence-electron chi connectivity index (χ1n) is 7.36. The van der Waals surface area contributed by atoms with Crippen molar-refractivity contribution >= 4 is 0 Å². The van der Waals surface area contributed by atoms with Crippen molar-refractivity contribution in [1.29, 1.82) is 0 Å². The fraction of sp³-hybridized carbons (Fsp3) is 0.857. The summed E-state index contributed by atoms with van der Waals surface area (Å²) in [6, 6.07) is 0. The van der Waals surface area contributed by atoms with Crippen molar-refractivity contribution in [2.24, 2.45) is 18.7 Å². The average molecular weight is 266 g/mol. The van der Waals surface area contributed by atoms with Gasteiger partial charge < -0.3 is 10.5 Å². The highest BCUT2D eigenvalue weighted by atomic mass is 16.5. The van der Waals surface area contributed by atoms with Crippen LogP contribution in [0.2, 0.25) is 0 Å². The average Bonchev–Trinajstić information content (AvgIpc) is 2.84. The minimum Gasteiger partial charge on any atom is -0.366 e. The van der Waals surface area contributed by atoms with Gasteiger partial charge in [-0.25, -0.2) is 4.98 Å². The molecule has 108 valence electrons. The fourth-order valence-corrected chi connectivity index (χ4v) is 2.98. The van der Waals surface area contributed by atoms with Crippen molar-refractivity contribution in [3.63, 3.8) is 0 Å². The lowest BCUT2D eigenvalue weighted by molar-refractivity contribution is -0.0844. The number of nitrogens with zero attached hydrogens (tertiary/aromatic N) is 3. The Morgan fingerprint density at radius 2 is 2.21 bits per heavy atom. The van der Waals surface area contributed by atoms with Gasteiger partial charge in [0.05, 0.1) is 5.60 Å². The Bertz CT molecular complexity index is 383. The van der Waals surface area contributed by atoms with E-state index in [2.05, 4.69) is 17.0 Å². The van der Waals surface area contributed by atoms with Crippen LogP contribution < -0.4 is 5.73 Å². The minimum absolute atomic E-state index is 0.143. The molecule has 0 radical (unpaired) electrons. The quantitative estimate of drug-likeness (QED) is 0.855. The van der Waals surface area contributed by atoms with Crippen molar-refractivity contribution < 1.29 is 4.74 Å². The normalized spacial score (nSPS) is 27.6. The topological polar surface area (TPSA) is 66.0 Å². The van der Waals surface area contributed by atoms with Gasteiger partial charge in [-0.05, 0) is 31.6 Å². The molecule has 1 aliphatic carbocycles. The molecule has 0 bridgehead atoms.